The van der Waals surface area contributed by atoms with E-state index >= 15 is 0 Å². The highest BCUT2D eigenvalue weighted by Crippen LogP contribution is 2.23. The number of hydrogen-bond donors (Lipinski definition) is 0. The molecular formula is C17H15ClO4S. The van der Waals surface area contributed by atoms with Crippen LogP contribution in [-0.2, 0) is 9.53 Å². The summed E-state index contributed by atoms with van der Waals surface area (Å²) in [4.78, 5) is 36.3. The molecule has 1 unspecified atom stereocenters. The number of Topliss-reactive ketones (excluding diaryl/α,β-unsaturated/α-hetero) is 2. The number of ether oxygens (including phenoxy) is 1. The van der Waals surface area contributed by atoms with Gasteiger partial charge in [-0.1, -0.05) is 41.9 Å². The molecule has 0 aliphatic heterocycles. The topological polar surface area (TPSA) is 60.4 Å². The SMILES string of the molecule is CC(OC(=O)CCC(=O)c1ccc(Cl)s1)C(=O)c1ccccc1. The molecule has 23 heavy (non-hydrogen) atoms. The third-order valence-electron chi connectivity index (χ3n) is 3.14. The van der Waals surface area contributed by atoms with Crippen molar-refractivity contribution in [3.8, 4) is 0 Å². The lowest BCUT2D eigenvalue weighted by Gasteiger charge is -2.12. The summed E-state index contributed by atoms with van der Waals surface area (Å²) in [6.45, 7) is 1.52. The second kappa shape index (κ2) is 8.04. The van der Waals surface area contributed by atoms with Gasteiger partial charge in [-0.25, -0.2) is 0 Å². The van der Waals surface area contributed by atoms with Gasteiger partial charge in [-0.05, 0) is 19.1 Å². The van der Waals surface area contributed by atoms with Crippen molar-refractivity contribution in [2.24, 2.45) is 0 Å². The van der Waals surface area contributed by atoms with Gasteiger partial charge in [0.2, 0.25) is 5.78 Å². The summed E-state index contributed by atoms with van der Waals surface area (Å²) in [6.07, 6.45) is -0.918. The van der Waals surface area contributed by atoms with Crippen molar-refractivity contribution in [1.82, 2.24) is 0 Å². The number of esters is 1. The minimum atomic E-state index is -0.879. The van der Waals surface area contributed by atoms with E-state index < -0.39 is 12.1 Å². The molecule has 1 aromatic heterocycles. The second-order valence-electron chi connectivity index (χ2n) is 4.89. The molecule has 1 aromatic carbocycles. The fraction of sp³-hybridized carbons (Fsp3) is 0.235. The van der Waals surface area contributed by atoms with Crippen molar-refractivity contribution in [1.29, 1.82) is 0 Å². The fourth-order valence-electron chi connectivity index (χ4n) is 1.95. The third kappa shape index (κ3) is 5.01. The van der Waals surface area contributed by atoms with Crippen molar-refractivity contribution < 1.29 is 19.1 Å². The maximum absolute atomic E-state index is 12.1. The highest BCUT2D eigenvalue weighted by atomic mass is 35.5. The summed E-state index contributed by atoms with van der Waals surface area (Å²) in [7, 11) is 0. The van der Waals surface area contributed by atoms with E-state index in [0.717, 1.165) is 0 Å². The molecule has 0 fully saturated rings. The van der Waals surface area contributed by atoms with E-state index in [1.807, 2.05) is 0 Å². The Morgan fingerprint density at radius 2 is 1.78 bits per heavy atom. The maximum atomic E-state index is 12.1. The summed E-state index contributed by atoms with van der Waals surface area (Å²) >= 11 is 6.94. The number of rotatable bonds is 7. The number of benzene rings is 1. The van der Waals surface area contributed by atoms with E-state index in [2.05, 4.69) is 0 Å². The van der Waals surface area contributed by atoms with Gasteiger partial charge in [-0.3, -0.25) is 14.4 Å². The first-order valence-corrected chi connectivity index (χ1v) is 8.24. The van der Waals surface area contributed by atoms with Crippen LogP contribution in [0.5, 0.6) is 0 Å². The molecule has 0 saturated carbocycles. The van der Waals surface area contributed by atoms with Crippen molar-refractivity contribution in [3.05, 3.63) is 57.2 Å². The lowest BCUT2D eigenvalue weighted by Crippen LogP contribution is -2.24. The minimum absolute atomic E-state index is 0.0297. The zero-order chi connectivity index (χ0) is 16.8. The van der Waals surface area contributed by atoms with Crippen LogP contribution in [0, 0.1) is 0 Å². The zero-order valence-electron chi connectivity index (χ0n) is 12.5. The Balaban J connectivity index is 1.82. The lowest BCUT2D eigenvalue weighted by atomic mass is 10.1. The minimum Gasteiger partial charge on any atom is -0.454 e. The molecule has 0 amide bonds. The molecular weight excluding hydrogens is 336 g/mol. The van der Waals surface area contributed by atoms with Gasteiger partial charge in [0.25, 0.3) is 0 Å². The molecule has 0 radical (unpaired) electrons. The Morgan fingerprint density at radius 1 is 1.09 bits per heavy atom. The molecule has 0 saturated heterocycles. The standard InChI is InChI=1S/C17H15ClO4S/c1-11(17(21)12-5-3-2-4-6-12)22-16(20)10-7-13(19)14-8-9-15(18)23-14/h2-6,8-9,11H,7,10H2,1H3. The third-order valence-corrected chi connectivity index (χ3v) is 4.41. The van der Waals surface area contributed by atoms with Gasteiger partial charge >= 0.3 is 5.97 Å². The van der Waals surface area contributed by atoms with Gasteiger partial charge in [-0.15, -0.1) is 11.3 Å². The van der Waals surface area contributed by atoms with Crippen molar-refractivity contribution >= 4 is 40.5 Å². The number of hydrogen-bond acceptors (Lipinski definition) is 5. The number of carbonyl (C=O) groups is 3. The normalized spacial score (nSPS) is 11.7. The van der Waals surface area contributed by atoms with Gasteiger partial charge in [0, 0.05) is 12.0 Å². The first kappa shape index (κ1) is 17.4. The number of ketones is 2. The Labute approximate surface area is 143 Å². The van der Waals surface area contributed by atoms with E-state index in [0.29, 0.717) is 14.8 Å². The first-order chi connectivity index (χ1) is 11.0. The van der Waals surface area contributed by atoms with Crippen LogP contribution >= 0.6 is 22.9 Å². The zero-order valence-corrected chi connectivity index (χ0v) is 14.0. The molecule has 2 rings (SSSR count). The molecule has 1 atom stereocenters. The highest BCUT2D eigenvalue weighted by molar-refractivity contribution is 7.18. The molecule has 6 heteroatoms. The Hall–Kier alpha value is -1.98. The second-order valence-corrected chi connectivity index (χ2v) is 6.60. The van der Waals surface area contributed by atoms with Gasteiger partial charge in [0.1, 0.15) is 0 Å². The fourth-order valence-corrected chi connectivity index (χ4v) is 2.96. The van der Waals surface area contributed by atoms with E-state index in [9.17, 15) is 14.4 Å². The Bertz CT molecular complexity index is 708. The monoisotopic (exact) mass is 350 g/mol. The Kier molecular flexibility index (Phi) is 6.07. The molecule has 0 spiro atoms. The molecule has 1 heterocycles. The van der Waals surface area contributed by atoms with Gasteiger partial charge < -0.3 is 4.74 Å². The number of halogens is 1. The average molecular weight is 351 g/mol. The van der Waals surface area contributed by atoms with E-state index in [4.69, 9.17) is 16.3 Å². The largest absolute Gasteiger partial charge is 0.454 e. The van der Waals surface area contributed by atoms with Crippen LogP contribution in [0.3, 0.4) is 0 Å². The molecule has 0 aliphatic carbocycles. The van der Waals surface area contributed by atoms with E-state index in [-0.39, 0.29) is 24.4 Å². The van der Waals surface area contributed by atoms with E-state index in [1.54, 1.807) is 42.5 Å². The average Bonchev–Trinajstić information content (AvgIpc) is 2.99. The van der Waals surface area contributed by atoms with Crippen LogP contribution in [0.4, 0.5) is 0 Å². The number of carbonyl (C=O) groups excluding carboxylic acids is 3. The van der Waals surface area contributed by atoms with Gasteiger partial charge in [0.05, 0.1) is 15.6 Å². The van der Waals surface area contributed by atoms with E-state index in [1.165, 1.54) is 18.3 Å². The van der Waals surface area contributed by atoms with Crippen LogP contribution in [0.1, 0.15) is 39.8 Å². The van der Waals surface area contributed by atoms with Crippen LogP contribution in [0.2, 0.25) is 4.34 Å². The molecule has 4 nitrogen and oxygen atoms in total. The van der Waals surface area contributed by atoms with Gasteiger partial charge in [-0.2, -0.15) is 0 Å². The maximum Gasteiger partial charge on any atom is 0.306 e. The predicted molar refractivity (Wildman–Crippen MR) is 89.2 cm³/mol. The summed E-state index contributed by atoms with van der Waals surface area (Å²) in [6, 6.07) is 11.9. The molecule has 0 aliphatic rings. The molecule has 120 valence electrons. The van der Waals surface area contributed by atoms with Crippen LogP contribution in [0.25, 0.3) is 0 Å². The Morgan fingerprint density at radius 3 is 2.39 bits per heavy atom. The quantitative estimate of drug-likeness (QED) is 0.555. The van der Waals surface area contributed by atoms with Crippen molar-refractivity contribution in [3.63, 3.8) is 0 Å². The predicted octanol–water partition coefficient (Wildman–Crippen LogP) is 4.18. The summed E-state index contributed by atoms with van der Waals surface area (Å²) in [5.74, 6) is -1.01. The number of thiophene rings is 1. The molecule has 0 bridgehead atoms. The summed E-state index contributed by atoms with van der Waals surface area (Å²) in [5, 5.41) is 0. The first-order valence-electron chi connectivity index (χ1n) is 7.04. The van der Waals surface area contributed by atoms with Crippen molar-refractivity contribution in [2.45, 2.75) is 25.9 Å². The summed E-state index contributed by atoms with van der Waals surface area (Å²) in [5.41, 5.74) is 0.483. The molecule has 2 aromatic rings. The van der Waals surface area contributed by atoms with Gasteiger partial charge in [0.15, 0.2) is 11.9 Å². The van der Waals surface area contributed by atoms with Crippen LogP contribution in [-0.4, -0.2) is 23.6 Å². The lowest BCUT2D eigenvalue weighted by molar-refractivity contribution is -0.146. The smallest absolute Gasteiger partial charge is 0.306 e. The van der Waals surface area contributed by atoms with Crippen LogP contribution in [0.15, 0.2) is 42.5 Å². The highest BCUT2D eigenvalue weighted by Gasteiger charge is 2.20. The summed E-state index contributed by atoms with van der Waals surface area (Å²) < 4.78 is 5.62. The van der Waals surface area contributed by atoms with Crippen molar-refractivity contribution in [2.75, 3.05) is 0 Å². The van der Waals surface area contributed by atoms with Crippen LogP contribution < -0.4 is 0 Å². The molecule has 0 N–H and O–H groups in total.